The molecule has 2 nitrogen and oxygen atoms in total. The van der Waals surface area contributed by atoms with E-state index in [2.05, 4.69) is 6.92 Å². The van der Waals surface area contributed by atoms with Crippen LogP contribution < -0.4 is 0 Å². The number of carbonyl (C=O) groups is 1. The fourth-order valence-corrected chi connectivity index (χ4v) is 3.11. The van der Waals surface area contributed by atoms with Gasteiger partial charge < -0.3 is 0 Å². The van der Waals surface area contributed by atoms with E-state index >= 15 is 0 Å². The van der Waals surface area contributed by atoms with Crippen molar-refractivity contribution in [3.63, 3.8) is 0 Å². The Bertz CT molecular complexity index is 214. The van der Waals surface area contributed by atoms with Crippen molar-refractivity contribution in [3.05, 3.63) is 0 Å². The van der Waals surface area contributed by atoms with Crippen molar-refractivity contribution < 1.29 is 9.90 Å². The Morgan fingerprint density at radius 3 is 2.69 bits per heavy atom. The topological polar surface area (TPSA) is 37.3 Å². The van der Waals surface area contributed by atoms with Gasteiger partial charge in [-0.15, -0.1) is 0 Å². The molecular weight excluding hydrogens is 263 g/mol. The van der Waals surface area contributed by atoms with E-state index in [9.17, 15) is 4.79 Å². The van der Waals surface area contributed by atoms with Gasteiger partial charge in [-0.25, -0.2) is 0 Å². The second kappa shape index (κ2) is 7.37. The van der Waals surface area contributed by atoms with Crippen LogP contribution in [0.15, 0.2) is 0 Å². The molecule has 1 aliphatic carbocycles. The third-order valence-electron chi connectivity index (χ3n) is 3.54. The van der Waals surface area contributed by atoms with Gasteiger partial charge >= 0.3 is 108 Å². The number of hydrogen-bond donors (Lipinski definition) is 1. The van der Waals surface area contributed by atoms with Crippen LogP contribution in [0.25, 0.3) is 0 Å². The summed E-state index contributed by atoms with van der Waals surface area (Å²) < 4.78 is 0. The zero-order valence-corrected chi connectivity index (χ0v) is 12.7. The van der Waals surface area contributed by atoms with Crippen LogP contribution in [-0.4, -0.2) is 27.9 Å². The maximum atomic E-state index is 10.7. The van der Waals surface area contributed by atoms with Gasteiger partial charge in [0, 0.05) is 0 Å². The number of carboxylic acids is 1. The molecule has 0 bridgehead atoms. The van der Waals surface area contributed by atoms with Gasteiger partial charge in [0.05, 0.1) is 0 Å². The summed E-state index contributed by atoms with van der Waals surface area (Å²) in [5.74, 6) is 1.52. The molecule has 1 rings (SSSR count). The van der Waals surface area contributed by atoms with Crippen molar-refractivity contribution in [2.75, 3.05) is 0 Å². The number of hydrogen-bond acceptors (Lipinski definition) is 1. The van der Waals surface area contributed by atoms with E-state index in [-0.39, 0.29) is 0 Å². The van der Waals surface area contributed by atoms with Gasteiger partial charge in [0.2, 0.25) is 0 Å². The first kappa shape index (κ1) is 14.1. The molecule has 16 heavy (non-hydrogen) atoms. The van der Waals surface area contributed by atoms with Crippen molar-refractivity contribution in [3.8, 4) is 0 Å². The van der Waals surface area contributed by atoms with Crippen LogP contribution >= 0.6 is 0 Å². The molecule has 3 heteroatoms. The Kier molecular flexibility index (Phi) is 6.49. The summed E-state index contributed by atoms with van der Waals surface area (Å²) in [7, 11) is 0. The summed E-state index contributed by atoms with van der Waals surface area (Å²) in [6.07, 6.45) is 8.42. The quantitative estimate of drug-likeness (QED) is 0.662. The van der Waals surface area contributed by atoms with E-state index in [1.807, 2.05) is 0 Å². The van der Waals surface area contributed by atoms with Gasteiger partial charge in [-0.2, -0.15) is 0 Å². The SMILES string of the molecule is CC(CCCC1CC1)CC(C[AsH2])CC(=O)O. The Labute approximate surface area is 108 Å². The van der Waals surface area contributed by atoms with E-state index < -0.39 is 5.97 Å². The van der Waals surface area contributed by atoms with E-state index in [0.717, 1.165) is 17.5 Å². The number of carboxylic acid groups (broad SMARTS) is 1. The molecule has 1 saturated carbocycles. The summed E-state index contributed by atoms with van der Waals surface area (Å²) in [6, 6.07) is 0. The average Bonchev–Trinajstić information content (AvgIpc) is 3.00. The van der Waals surface area contributed by atoms with Crippen LogP contribution in [0.4, 0.5) is 0 Å². The van der Waals surface area contributed by atoms with Gasteiger partial charge in [-0.1, -0.05) is 0 Å². The van der Waals surface area contributed by atoms with E-state index in [1.165, 1.54) is 32.1 Å². The van der Waals surface area contributed by atoms with Crippen LogP contribution in [0.1, 0.15) is 51.9 Å². The molecule has 1 N–H and O–H groups in total. The van der Waals surface area contributed by atoms with E-state index in [4.69, 9.17) is 5.11 Å². The molecule has 0 amide bonds. The van der Waals surface area contributed by atoms with Gasteiger partial charge in [0.25, 0.3) is 0 Å². The van der Waals surface area contributed by atoms with E-state index in [1.54, 1.807) is 16.9 Å². The van der Waals surface area contributed by atoms with Gasteiger partial charge in [-0.3, -0.25) is 0 Å². The van der Waals surface area contributed by atoms with Crippen LogP contribution in [0.2, 0.25) is 5.21 Å². The Balaban J connectivity index is 2.08. The molecule has 0 aromatic heterocycles. The van der Waals surface area contributed by atoms with Crippen LogP contribution in [-0.2, 0) is 4.79 Å². The zero-order chi connectivity index (χ0) is 12.0. The summed E-state index contributed by atoms with van der Waals surface area (Å²) in [6.45, 7) is 2.28. The Morgan fingerprint density at radius 2 is 2.19 bits per heavy atom. The third kappa shape index (κ3) is 6.58. The van der Waals surface area contributed by atoms with Gasteiger partial charge in [0.15, 0.2) is 0 Å². The zero-order valence-electron chi connectivity index (χ0n) is 10.3. The normalized spacial score (nSPS) is 19.4. The molecule has 0 aromatic carbocycles. The molecule has 0 heterocycles. The standard InChI is InChI=1S/C13H25AsO2/c1-10(3-2-4-11-5-6-11)7-12(9-14)8-13(15)16/h10-12H,2-9,14H2,1H3,(H,15,16). The maximum absolute atomic E-state index is 10.7. The predicted molar refractivity (Wildman–Crippen MR) is 69.4 cm³/mol. The van der Waals surface area contributed by atoms with Crippen molar-refractivity contribution in [1.82, 2.24) is 0 Å². The second-order valence-electron chi connectivity index (χ2n) is 5.41. The molecule has 0 saturated heterocycles. The first-order valence-corrected chi connectivity index (χ1v) is 8.25. The Hall–Kier alpha value is 0.0284. The molecule has 94 valence electrons. The van der Waals surface area contributed by atoms with E-state index in [0.29, 0.717) is 18.3 Å². The molecule has 1 fully saturated rings. The number of aliphatic carboxylic acids is 1. The molecule has 3 atom stereocenters. The Morgan fingerprint density at radius 1 is 1.50 bits per heavy atom. The van der Waals surface area contributed by atoms with Crippen molar-refractivity contribution in [1.29, 1.82) is 0 Å². The number of rotatable bonds is 9. The minimum atomic E-state index is -0.632. The fourth-order valence-electron chi connectivity index (χ4n) is 2.36. The summed E-state index contributed by atoms with van der Waals surface area (Å²) >= 11 is 1.67. The van der Waals surface area contributed by atoms with Crippen molar-refractivity contribution in [2.45, 2.75) is 57.1 Å². The summed E-state index contributed by atoms with van der Waals surface area (Å²) in [5.41, 5.74) is 0. The molecule has 3 unspecified atom stereocenters. The molecule has 1 aliphatic rings. The van der Waals surface area contributed by atoms with Crippen molar-refractivity contribution >= 4 is 22.8 Å². The first-order chi connectivity index (χ1) is 7.61. The first-order valence-electron chi connectivity index (χ1n) is 6.53. The molecule has 0 aromatic rings. The molecule has 0 spiro atoms. The second-order valence-corrected chi connectivity index (χ2v) is 6.40. The fraction of sp³-hybridized carbons (Fsp3) is 0.923. The molecular formula is C13H25AsO2. The molecule has 0 aliphatic heterocycles. The van der Waals surface area contributed by atoms with Crippen molar-refractivity contribution in [2.24, 2.45) is 17.8 Å². The third-order valence-corrected chi connectivity index (χ3v) is 4.94. The van der Waals surface area contributed by atoms with Crippen LogP contribution in [0.5, 0.6) is 0 Å². The van der Waals surface area contributed by atoms with Gasteiger partial charge in [0.1, 0.15) is 0 Å². The minimum absolute atomic E-state index is 0.366. The summed E-state index contributed by atoms with van der Waals surface area (Å²) in [5, 5.41) is 9.85. The predicted octanol–water partition coefficient (Wildman–Crippen LogP) is 2.74. The van der Waals surface area contributed by atoms with Crippen LogP contribution in [0, 0.1) is 17.8 Å². The summed E-state index contributed by atoms with van der Waals surface area (Å²) in [4.78, 5) is 10.7. The monoisotopic (exact) mass is 288 g/mol. The average molecular weight is 288 g/mol. The molecule has 0 radical (unpaired) electrons. The van der Waals surface area contributed by atoms with Crippen LogP contribution in [0.3, 0.4) is 0 Å². The van der Waals surface area contributed by atoms with Gasteiger partial charge in [-0.05, 0) is 0 Å².